The van der Waals surface area contributed by atoms with E-state index in [9.17, 15) is 14.4 Å². The summed E-state index contributed by atoms with van der Waals surface area (Å²) in [6.45, 7) is 8.36. The van der Waals surface area contributed by atoms with Crippen molar-refractivity contribution in [3.8, 4) is 0 Å². The molecule has 1 atom stereocenters. The Morgan fingerprint density at radius 2 is 1.69 bits per heavy atom. The van der Waals surface area contributed by atoms with Crippen molar-refractivity contribution in [2.45, 2.75) is 58.8 Å². The van der Waals surface area contributed by atoms with Gasteiger partial charge in [0.05, 0.1) is 11.3 Å². The number of Topliss-reactive ketones (excluding diaryl/α,β-unsaturated/α-hetero) is 1. The predicted molar refractivity (Wildman–Crippen MR) is 125 cm³/mol. The molecule has 32 heavy (non-hydrogen) atoms. The van der Waals surface area contributed by atoms with Crippen LogP contribution in [0.3, 0.4) is 0 Å². The van der Waals surface area contributed by atoms with Gasteiger partial charge in [0.25, 0.3) is 5.91 Å². The molecule has 2 aromatic carbocycles. The maximum Gasteiger partial charge on any atom is 0.250 e. The number of para-hydroxylation sites is 1. The van der Waals surface area contributed by atoms with Crippen LogP contribution in [-0.4, -0.2) is 17.6 Å². The zero-order valence-corrected chi connectivity index (χ0v) is 19.1. The molecule has 0 saturated heterocycles. The smallest absolute Gasteiger partial charge is 0.250 e. The van der Waals surface area contributed by atoms with Crippen LogP contribution < -0.4 is 10.6 Å². The minimum Gasteiger partial charge on any atom is -0.366 e. The number of carbonyl (C=O) groups is 3. The Labute approximate surface area is 189 Å². The van der Waals surface area contributed by atoms with Gasteiger partial charge in [0.2, 0.25) is 5.91 Å². The van der Waals surface area contributed by atoms with E-state index in [4.69, 9.17) is 5.73 Å². The normalized spacial score (nSPS) is 20.5. The van der Waals surface area contributed by atoms with Crippen molar-refractivity contribution in [1.29, 1.82) is 0 Å². The first kappa shape index (κ1) is 22.0. The van der Waals surface area contributed by atoms with Crippen molar-refractivity contribution in [3.63, 3.8) is 0 Å². The first-order valence-corrected chi connectivity index (χ1v) is 11.2. The molecule has 2 N–H and O–H groups in total. The number of hydrogen-bond acceptors (Lipinski definition) is 3. The van der Waals surface area contributed by atoms with Gasteiger partial charge in [-0.05, 0) is 41.0 Å². The van der Waals surface area contributed by atoms with Gasteiger partial charge in [0.1, 0.15) is 0 Å². The molecule has 166 valence electrons. The van der Waals surface area contributed by atoms with Crippen molar-refractivity contribution in [3.05, 3.63) is 76.5 Å². The molecule has 5 nitrogen and oxygen atoms in total. The summed E-state index contributed by atoms with van der Waals surface area (Å²) in [6, 6.07) is 15.1. The Morgan fingerprint density at radius 1 is 1.03 bits per heavy atom. The number of benzene rings is 2. The van der Waals surface area contributed by atoms with E-state index in [0.717, 1.165) is 5.56 Å². The summed E-state index contributed by atoms with van der Waals surface area (Å²) >= 11 is 0. The van der Waals surface area contributed by atoms with E-state index in [2.05, 4.69) is 26.0 Å². The third kappa shape index (κ3) is 3.88. The standard InChI is InChI=1S/C27H30N2O3/c1-16(2)17-9-11-18(12-10-17)20-13-24(31)29(21-8-6-5-7-19(21)26(28)32)22-14-27(3,4)15-23(30)25(20)22/h5-12,16,20H,13-15H2,1-4H3,(H2,28,32). The first-order chi connectivity index (χ1) is 15.1. The van der Waals surface area contributed by atoms with E-state index in [1.54, 1.807) is 29.2 Å². The van der Waals surface area contributed by atoms with Crippen LogP contribution in [0.1, 0.15) is 80.3 Å². The fourth-order valence-electron chi connectivity index (χ4n) is 4.97. The fourth-order valence-corrected chi connectivity index (χ4v) is 4.97. The maximum absolute atomic E-state index is 13.5. The Bertz CT molecular complexity index is 1130. The number of ketones is 1. The molecule has 0 bridgehead atoms. The lowest BCUT2D eigenvalue weighted by Gasteiger charge is -2.43. The van der Waals surface area contributed by atoms with Crippen molar-refractivity contribution in [2.24, 2.45) is 11.1 Å². The molecule has 1 aliphatic carbocycles. The second-order valence-electron chi connectivity index (χ2n) is 9.99. The number of allylic oxidation sites excluding steroid dienone is 2. The Balaban J connectivity index is 1.89. The molecule has 1 heterocycles. The van der Waals surface area contributed by atoms with E-state index in [-0.39, 0.29) is 35.0 Å². The fraction of sp³-hybridized carbons (Fsp3) is 0.370. The average molecular weight is 431 g/mol. The molecule has 1 aliphatic heterocycles. The van der Waals surface area contributed by atoms with Crippen molar-refractivity contribution in [2.75, 3.05) is 4.90 Å². The van der Waals surface area contributed by atoms with E-state index >= 15 is 0 Å². The Morgan fingerprint density at radius 3 is 2.31 bits per heavy atom. The van der Waals surface area contributed by atoms with Gasteiger partial charge in [0.15, 0.2) is 5.78 Å². The molecule has 1 unspecified atom stereocenters. The third-order valence-corrected chi connectivity index (χ3v) is 6.56. The minimum atomic E-state index is -0.594. The summed E-state index contributed by atoms with van der Waals surface area (Å²) in [5, 5.41) is 0. The van der Waals surface area contributed by atoms with Gasteiger partial charge in [-0.25, -0.2) is 0 Å². The van der Waals surface area contributed by atoms with Crippen LogP contribution >= 0.6 is 0 Å². The first-order valence-electron chi connectivity index (χ1n) is 11.2. The van der Waals surface area contributed by atoms with E-state index in [1.807, 2.05) is 26.0 Å². The van der Waals surface area contributed by atoms with Crippen molar-refractivity contribution < 1.29 is 14.4 Å². The summed E-state index contributed by atoms with van der Waals surface area (Å²) in [4.78, 5) is 40.6. The Kier molecular flexibility index (Phi) is 5.53. The zero-order valence-electron chi connectivity index (χ0n) is 19.1. The quantitative estimate of drug-likeness (QED) is 0.735. The molecule has 0 aromatic heterocycles. The maximum atomic E-state index is 13.5. The highest BCUT2D eigenvalue weighted by molar-refractivity contribution is 6.10. The van der Waals surface area contributed by atoms with Crippen LogP contribution in [0.2, 0.25) is 0 Å². The number of rotatable bonds is 4. The number of anilines is 1. The van der Waals surface area contributed by atoms with Gasteiger partial charge in [-0.3, -0.25) is 19.3 Å². The lowest BCUT2D eigenvalue weighted by atomic mass is 9.69. The molecule has 2 amide bonds. The zero-order chi connectivity index (χ0) is 23.2. The number of nitrogens with two attached hydrogens (primary N) is 1. The van der Waals surface area contributed by atoms with Crippen LogP contribution in [0.15, 0.2) is 59.8 Å². The monoisotopic (exact) mass is 430 g/mol. The predicted octanol–water partition coefficient (Wildman–Crippen LogP) is 5.07. The lowest BCUT2D eigenvalue weighted by Crippen LogP contribution is -2.44. The topological polar surface area (TPSA) is 80.5 Å². The molecule has 0 fully saturated rings. The highest BCUT2D eigenvalue weighted by Crippen LogP contribution is 2.48. The van der Waals surface area contributed by atoms with Crippen LogP contribution in [0.5, 0.6) is 0 Å². The minimum absolute atomic E-state index is 0.0724. The van der Waals surface area contributed by atoms with Crippen molar-refractivity contribution in [1.82, 2.24) is 0 Å². The third-order valence-electron chi connectivity index (χ3n) is 6.56. The van der Waals surface area contributed by atoms with E-state index in [1.165, 1.54) is 5.56 Å². The molecule has 0 spiro atoms. The summed E-state index contributed by atoms with van der Waals surface area (Å²) in [5.74, 6) is -0.517. The highest BCUT2D eigenvalue weighted by atomic mass is 16.2. The average Bonchev–Trinajstić information content (AvgIpc) is 2.72. The number of carbonyl (C=O) groups excluding carboxylic acids is 3. The number of nitrogens with zero attached hydrogens (tertiary/aromatic N) is 1. The number of hydrogen-bond donors (Lipinski definition) is 1. The number of primary amides is 1. The van der Waals surface area contributed by atoms with Gasteiger partial charge in [-0.2, -0.15) is 0 Å². The molecule has 2 aromatic rings. The van der Waals surface area contributed by atoms with E-state index in [0.29, 0.717) is 35.7 Å². The molecular weight excluding hydrogens is 400 g/mol. The van der Waals surface area contributed by atoms with Gasteiger partial charge in [-0.1, -0.05) is 64.1 Å². The van der Waals surface area contributed by atoms with Crippen LogP contribution in [0, 0.1) is 5.41 Å². The summed E-state index contributed by atoms with van der Waals surface area (Å²) in [5.41, 5.74) is 9.67. The van der Waals surface area contributed by atoms with Crippen molar-refractivity contribution >= 4 is 23.3 Å². The number of amides is 2. The molecule has 0 saturated carbocycles. The molecular formula is C27H30N2O3. The second-order valence-corrected chi connectivity index (χ2v) is 9.99. The van der Waals surface area contributed by atoms with Gasteiger partial charge in [0, 0.05) is 30.0 Å². The van der Waals surface area contributed by atoms with Gasteiger partial charge in [-0.15, -0.1) is 0 Å². The SMILES string of the molecule is CC(C)c1ccc(C2CC(=O)N(c3ccccc3C(N)=O)C3=C2C(=O)CC(C)(C)C3)cc1. The second kappa shape index (κ2) is 8.05. The van der Waals surface area contributed by atoms with Crippen LogP contribution in [0.4, 0.5) is 5.69 Å². The Hall–Kier alpha value is -3.21. The molecule has 5 heteroatoms. The summed E-state index contributed by atoms with van der Waals surface area (Å²) in [7, 11) is 0. The molecule has 0 radical (unpaired) electrons. The van der Waals surface area contributed by atoms with Crippen LogP contribution in [-0.2, 0) is 9.59 Å². The molecule has 2 aliphatic rings. The van der Waals surface area contributed by atoms with E-state index < -0.39 is 5.91 Å². The lowest BCUT2D eigenvalue weighted by molar-refractivity contribution is -0.121. The van der Waals surface area contributed by atoms with Crippen LogP contribution in [0.25, 0.3) is 0 Å². The highest BCUT2D eigenvalue weighted by Gasteiger charge is 2.44. The van der Waals surface area contributed by atoms with Gasteiger partial charge >= 0.3 is 0 Å². The van der Waals surface area contributed by atoms with Gasteiger partial charge < -0.3 is 5.73 Å². The molecule has 4 rings (SSSR count). The summed E-state index contributed by atoms with van der Waals surface area (Å²) < 4.78 is 0. The summed E-state index contributed by atoms with van der Waals surface area (Å²) in [6.07, 6.45) is 1.19. The largest absolute Gasteiger partial charge is 0.366 e.